The molecule has 0 spiro atoms. The Morgan fingerprint density at radius 1 is 1.39 bits per heavy atom. The van der Waals surface area contributed by atoms with E-state index in [1.165, 1.54) is 0 Å². The van der Waals surface area contributed by atoms with Crippen LogP contribution in [0.4, 0.5) is 0 Å². The molecule has 0 bridgehead atoms. The summed E-state index contributed by atoms with van der Waals surface area (Å²) in [5, 5.41) is 12.3. The third kappa shape index (κ3) is 3.75. The Bertz CT molecular complexity index is 394. The van der Waals surface area contributed by atoms with Crippen molar-refractivity contribution in [3.63, 3.8) is 0 Å². The lowest BCUT2D eigenvalue weighted by Gasteiger charge is -2.29. The van der Waals surface area contributed by atoms with Gasteiger partial charge in [0.25, 0.3) is 5.91 Å². The molecule has 0 aliphatic carbocycles. The Morgan fingerprint density at radius 3 is 2.56 bits per heavy atom. The lowest BCUT2D eigenvalue weighted by molar-refractivity contribution is 0.0851. The molecule has 0 aromatic heterocycles. The maximum absolute atomic E-state index is 12.0. The van der Waals surface area contributed by atoms with E-state index in [4.69, 9.17) is 0 Å². The van der Waals surface area contributed by atoms with Gasteiger partial charge in [0.1, 0.15) is 0 Å². The Labute approximate surface area is 114 Å². The van der Waals surface area contributed by atoms with Crippen LogP contribution in [0.15, 0.2) is 29.2 Å². The molecule has 3 nitrogen and oxygen atoms in total. The third-order valence-corrected chi connectivity index (χ3v) is 3.85. The molecule has 0 atom stereocenters. The normalized spacial score (nSPS) is 11.3. The molecule has 4 heteroatoms. The van der Waals surface area contributed by atoms with E-state index in [1.54, 1.807) is 18.2 Å². The molecule has 1 amide bonds. The van der Waals surface area contributed by atoms with E-state index >= 15 is 0 Å². The summed E-state index contributed by atoms with van der Waals surface area (Å²) in [4.78, 5) is 12.7. The molecule has 1 aromatic carbocycles. The molecule has 0 fully saturated rings. The van der Waals surface area contributed by atoms with E-state index < -0.39 is 0 Å². The number of aliphatic hydroxyl groups excluding tert-OH is 1. The van der Waals surface area contributed by atoms with E-state index in [-0.39, 0.29) is 17.9 Å². The molecule has 0 saturated heterocycles. The molecule has 0 aliphatic rings. The Kier molecular flexibility index (Phi) is 5.69. The lowest BCUT2D eigenvalue weighted by atomic mass is 9.83. The fraction of sp³-hybridized carbons (Fsp3) is 0.500. The highest BCUT2D eigenvalue weighted by Crippen LogP contribution is 2.24. The van der Waals surface area contributed by atoms with Gasteiger partial charge < -0.3 is 10.4 Å². The van der Waals surface area contributed by atoms with Crippen molar-refractivity contribution in [2.75, 3.05) is 13.2 Å². The van der Waals surface area contributed by atoms with Gasteiger partial charge >= 0.3 is 0 Å². The van der Waals surface area contributed by atoms with Gasteiger partial charge in [0.15, 0.2) is 0 Å². The van der Waals surface area contributed by atoms with Crippen LogP contribution in [0, 0.1) is 5.41 Å². The second-order valence-electron chi connectivity index (χ2n) is 4.60. The van der Waals surface area contributed by atoms with Gasteiger partial charge in [-0.1, -0.05) is 19.9 Å². The zero-order valence-corrected chi connectivity index (χ0v) is 11.8. The van der Waals surface area contributed by atoms with E-state index in [1.807, 2.05) is 19.9 Å². The molecule has 0 aliphatic heterocycles. The highest BCUT2D eigenvalue weighted by Gasteiger charge is 2.25. The Hall–Kier alpha value is -1.00. The minimum atomic E-state index is -0.214. The first-order chi connectivity index (χ1) is 8.56. The van der Waals surface area contributed by atoms with Crippen molar-refractivity contribution in [3.05, 3.63) is 29.8 Å². The molecule has 100 valence electrons. The fourth-order valence-corrected chi connectivity index (χ4v) is 2.02. The highest BCUT2D eigenvalue weighted by molar-refractivity contribution is 7.80. The minimum absolute atomic E-state index is 0.0902. The average molecular weight is 267 g/mol. The van der Waals surface area contributed by atoms with Gasteiger partial charge in [0, 0.05) is 22.4 Å². The van der Waals surface area contributed by atoms with Crippen LogP contribution in [0.2, 0.25) is 0 Å². The lowest BCUT2D eigenvalue weighted by Crippen LogP contribution is -2.39. The van der Waals surface area contributed by atoms with E-state index in [0.29, 0.717) is 12.1 Å². The van der Waals surface area contributed by atoms with Gasteiger partial charge in [-0.3, -0.25) is 4.79 Å². The molecule has 0 unspecified atom stereocenters. The molecular formula is C14H21NO2S. The molecule has 0 heterocycles. The second-order valence-corrected chi connectivity index (χ2v) is 5.11. The highest BCUT2D eigenvalue weighted by atomic mass is 32.1. The maximum atomic E-state index is 12.0. The SMILES string of the molecule is CCC(CC)(CO)CNC(=O)c1cccc(S)c1. The van der Waals surface area contributed by atoms with Crippen LogP contribution < -0.4 is 5.32 Å². The molecule has 2 N–H and O–H groups in total. The summed E-state index contributed by atoms with van der Waals surface area (Å²) in [5.74, 6) is -0.120. The van der Waals surface area contributed by atoms with Crippen LogP contribution >= 0.6 is 12.6 Å². The summed E-state index contributed by atoms with van der Waals surface area (Å²) in [6.07, 6.45) is 1.68. The smallest absolute Gasteiger partial charge is 0.251 e. The first-order valence-corrected chi connectivity index (χ1v) is 6.69. The summed E-state index contributed by atoms with van der Waals surface area (Å²) < 4.78 is 0. The number of carbonyl (C=O) groups is 1. The topological polar surface area (TPSA) is 49.3 Å². The number of hydrogen-bond acceptors (Lipinski definition) is 3. The summed E-state index contributed by atoms with van der Waals surface area (Å²) in [6.45, 7) is 4.64. The third-order valence-electron chi connectivity index (χ3n) is 3.57. The van der Waals surface area contributed by atoms with Gasteiger partial charge in [-0.15, -0.1) is 12.6 Å². The summed E-state index contributed by atoms with van der Waals surface area (Å²) in [6, 6.07) is 7.12. The monoisotopic (exact) mass is 267 g/mol. The first kappa shape index (κ1) is 15.1. The average Bonchev–Trinajstić information content (AvgIpc) is 2.40. The van der Waals surface area contributed by atoms with E-state index in [9.17, 15) is 9.90 Å². The summed E-state index contributed by atoms with van der Waals surface area (Å²) >= 11 is 4.21. The van der Waals surface area contributed by atoms with Crippen molar-refractivity contribution >= 4 is 18.5 Å². The Balaban J connectivity index is 2.66. The van der Waals surface area contributed by atoms with Crippen LogP contribution in [-0.2, 0) is 0 Å². The molecular weight excluding hydrogens is 246 g/mol. The van der Waals surface area contributed by atoms with Gasteiger partial charge in [0.05, 0.1) is 6.61 Å². The molecule has 0 radical (unpaired) electrons. The van der Waals surface area contributed by atoms with E-state index in [0.717, 1.165) is 17.7 Å². The number of aliphatic hydroxyl groups is 1. The van der Waals surface area contributed by atoms with Crippen molar-refractivity contribution in [2.24, 2.45) is 5.41 Å². The van der Waals surface area contributed by atoms with Crippen molar-refractivity contribution < 1.29 is 9.90 Å². The van der Waals surface area contributed by atoms with Gasteiger partial charge in [-0.05, 0) is 31.0 Å². The van der Waals surface area contributed by atoms with Gasteiger partial charge in [-0.25, -0.2) is 0 Å². The number of benzene rings is 1. The standard InChI is InChI=1S/C14H21NO2S/c1-3-14(4-2,10-16)9-15-13(17)11-6-5-7-12(18)8-11/h5-8,16,18H,3-4,9-10H2,1-2H3,(H,15,17). The molecule has 0 saturated carbocycles. The number of nitrogens with one attached hydrogen (secondary N) is 1. The predicted molar refractivity (Wildman–Crippen MR) is 76.1 cm³/mol. The summed E-state index contributed by atoms with van der Waals surface area (Å²) in [5.41, 5.74) is 0.385. The van der Waals surface area contributed by atoms with Crippen molar-refractivity contribution in [1.29, 1.82) is 0 Å². The van der Waals surface area contributed by atoms with Gasteiger partial charge in [-0.2, -0.15) is 0 Å². The quantitative estimate of drug-likeness (QED) is 0.694. The summed E-state index contributed by atoms with van der Waals surface area (Å²) in [7, 11) is 0. The van der Waals surface area contributed by atoms with Crippen LogP contribution in [-0.4, -0.2) is 24.2 Å². The second kappa shape index (κ2) is 6.81. The number of rotatable bonds is 6. The molecule has 18 heavy (non-hydrogen) atoms. The van der Waals surface area contributed by atoms with Crippen molar-refractivity contribution in [2.45, 2.75) is 31.6 Å². The van der Waals surface area contributed by atoms with Crippen LogP contribution in [0.5, 0.6) is 0 Å². The fourth-order valence-electron chi connectivity index (χ4n) is 1.80. The first-order valence-electron chi connectivity index (χ1n) is 6.25. The van der Waals surface area contributed by atoms with Crippen molar-refractivity contribution in [3.8, 4) is 0 Å². The zero-order chi connectivity index (χ0) is 13.6. The zero-order valence-electron chi connectivity index (χ0n) is 10.9. The number of hydrogen-bond donors (Lipinski definition) is 3. The van der Waals surface area contributed by atoms with Crippen LogP contribution in [0.3, 0.4) is 0 Å². The minimum Gasteiger partial charge on any atom is -0.396 e. The van der Waals surface area contributed by atoms with Crippen LogP contribution in [0.1, 0.15) is 37.0 Å². The number of thiol groups is 1. The molecule has 1 rings (SSSR count). The molecule has 1 aromatic rings. The van der Waals surface area contributed by atoms with Crippen LogP contribution in [0.25, 0.3) is 0 Å². The maximum Gasteiger partial charge on any atom is 0.251 e. The largest absolute Gasteiger partial charge is 0.396 e. The predicted octanol–water partition coefficient (Wildman–Crippen LogP) is 2.50. The number of amides is 1. The van der Waals surface area contributed by atoms with Gasteiger partial charge in [0.2, 0.25) is 0 Å². The number of carbonyl (C=O) groups excluding carboxylic acids is 1. The van der Waals surface area contributed by atoms with Crippen molar-refractivity contribution in [1.82, 2.24) is 5.32 Å². The van der Waals surface area contributed by atoms with E-state index in [2.05, 4.69) is 17.9 Å². The Morgan fingerprint density at radius 2 is 2.06 bits per heavy atom.